The van der Waals surface area contributed by atoms with Crippen molar-refractivity contribution in [1.29, 1.82) is 0 Å². The summed E-state index contributed by atoms with van der Waals surface area (Å²) in [6, 6.07) is 9.57. The number of aromatic nitrogens is 1. The molecule has 1 amide bonds. The Hall–Kier alpha value is -2.32. The Morgan fingerprint density at radius 2 is 1.96 bits per heavy atom. The molecule has 8 heteroatoms. The van der Waals surface area contributed by atoms with Crippen LogP contribution in [0.15, 0.2) is 45.8 Å². The minimum Gasteiger partial charge on any atom is -0.482 e. The van der Waals surface area contributed by atoms with Crippen molar-refractivity contribution in [3.8, 4) is 5.75 Å². The summed E-state index contributed by atoms with van der Waals surface area (Å²) in [4.78, 5) is 27.7. The molecule has 142 valence electrons. The van der Waals surface area contributed by atoms with Crippen molar-refractivity contribution in [3.05, 3.63) is 62.5 Å². The molecule has 1 atom stereocenters. The van der Waals surface area contributed by atoms with Crippen molar-refractivity contribution in [1.82, 2.24) is 14.9 Å². The van der Waals surface area contributed by atoms with E-state index in [1.807, 2.05) is 42.4 Å². The lowest BCUT2D eigenvalue weighted by Crippen LogP contribution is -2.69. The fourth-order valence-electron chi connectivity index (χ4n) is 3.84. The van der Waals surface area contributed by atoms with Crippen LogP contribution < -0.4 is 20.5 Å². The number of hydrogen-bond donors (Lipinski definition) is 1. The van der Waals surface area contributed by atoms with Gasteiger partial charge in [0.1, 0.15) is 12.3 Å². The molecule has 1 unspecified atom stereocenters. The molecule has 1 aromatic carbocycles. The smallest absolute Gasteiger partial charge is 0.278 e. The lowest BCUT2D eigenvalue weighted by Gasteiger charge is -2.51. The summed E-state index contributed by atoms with van der Waals surface area (Å²) in [6.07, 6.45) is 2.45. The number of benzene rings is 1. The van der Waals surface area contributed by atoms with E-state index in [-0.39, 0.29) is 29.4 Å². The van der Waals surface area contributed by atoms with Gasteiger partial charge in [-0.15, -0.1) is 0 Å². The normalized spacial score (nSPS) is 21.7. The standard InChI is InChI=1S/C19H21BrN4O3/c1-22-18(26)15-17(27-11-13-6-4-3-5-7-13)16(25)14(20)10-24(15)23(2)19(22)8-9-21-12-19/h3-7,10,21H,8-9,11-12H2,1-2H3. The summed E-state index contributed by atoms with van der Waals surface area (Å²) in [5, 5.41) is 5.33. The van der Waals surface area contributed by atoms with Crippen LogP contribution >= 0.6 is 15.9 Å². The van der Waals surface area contributed by atoms with Crippen LogP contribution in [0.1, 0.15) is 22.5 Å². The van der Waals surface area contributed by atoms with Crippen molar-refractivity contribution in [2.75, 3.05) is 32.2 Å². The number of carbonyl (C=O) groups is 1. The number of amides is 1. The van der Waals surface area contributed by atoms with E-state index in [1.165, 1.54) is 0 Å². The second-order valence-electron chi connectivity index (χ2n) is 6.90. The number of carbonyl (C=O) groups excluding carboxylic acids is 1. The van der Waals surface area contributed by atoms with Crippen molar-refractivity contribution < 1.29 is 9.53 Å². The van der Waals surface area contributed by atoms with Crippen LogP contribution in [-0.4, -0.2) is 48.3 Å². The van der Waals surface area contributed by atoms with E-state index in [4.69, 9.17) is 4.74 Å². The van der Waals surface area contributed by atoms with Crippen LogP contribution in [0.2, 0.25) is 0 Å². The van der Waals surface area contributed by atoms with Crippen LogP contribution in [-0.2, 0) is 6.61 Å². The SMILES string of the molecule is CN1C(=O)c2c(OCc3ccccc3)c(=O)c(Br)cn2N(C)C12CCNC2. The van der Waals surface area contributed by atoms with Crippen molar-refractivity contribution in [3.63, 3.8) is 0 Å². The number of rotatable bonds is 3. The Morgan fingerprint density at radius 3 is 2.63 bits per heavy atom. The fraction of sp³-hybridized carbons (Fsp3) is 0.368. The number of halogens is 1. The van der Waals surface area contributed by atoms with Gasteiger partial charge in [0.25, 0.3) is 5.91 Å². The average molecular weight is 433 g/mol. The molecule has 0 bridgehead atoms. The zero-order chi connectivity index (χ0) is 19.2. The molecule has 1 fully saturated rings. The second-order valence-corrected chi connectivity index (χ2v) is 7.75. The largest absolute Gasteiger partial charge is 0.482 e. The van der Waals surface area contributed by atoms with Crippen LogP contribution in [0.5, 0.6) is 5.75 Å². The van der Waals surface area contributed by atoms with Crippen molar-refractivity contribution in [2.24, 2.45) is 0 Å². The molecule has 1 aromatic heterocycles. The Morgan fingerprint density at radius 1 is 1.22 bits per heavy atom. The molecule has 2 aliphatic heterocycles. The highest BCUT2D eigenvalue weighted by atomic mass is 79.9. The number of nitrogens with one attached hydrogen (secondary N) is 1. The monoisotopic (exact) mass is 432 g/mol. The topological polar surface area (TPSA) is 66.8 Å². The molecule has 7 nitrogen and oxygen atoms in total. The van der Waals surface area contributed by atoms with Gasteiger partial charge < -0.3 is 15.0 Å². The maximum Gasteiger partial charge on any atom is 0.278 e. The lowest BCUT2D eigenvalue weighted by atomic mass is 10.0. The molecule has 3 heterocycles. The quantitative estimate of drug-likeness (QED) is 0.796. The van der Waals surface area contributed by atoms with E-state index < -0.39 is 5.66 Å². The van der Waals surface area contributed by atoms with E-state index in [0.717, 1.165) is 18.5 Å². The van der Waals surface area contributed by atoms with Crippen molar-refractivity contribution in [2.45, 2.75) is 18.7 Å². The fourth-order valence-corrected chi connectivity index (χ4v) is 4.21. The summed E-state index contributed by atoms with van der Waals surface area (Å²) < 4.78 is 7.97. The van der Waals surface area contributed by atoms with Crippen LogP contribution in [0.25, 0.3) is 0 Å². The number of pyridine rings is 1. The van der Waals surface area contributed by atoms with Crippen LogP contribution in [0.4, 0.5) is 0 Å². The van der Waals surface area contributed by atoms with Gasteiger partial charge in [0.2, 0.25) is 5.43 Å². The molecule has 0 aliphatic carbocycles. The Labute approximate surface area is 165 Å². The molecule has 2 aliphatic rings. The average Bonchev–Trinajstić information content (AvgIpc) is 3.17. The highest BCUT2D eigenvalue weighted by Gasteiger charge is 2.50. The highest BCUT2D eigenvalue weighted by Crippen LogP contribution is 2.34. The number of hydrogen-bond acceptors (Lipinski definition) is 5. The summed E-state index contributed by atoms with van der Waals surface area (Å²) in [5.41, 5.74) is 0.390. The molecule has 1 N–H and O–H groups in total. The summed E-state index contributed by atoms with van der Waals surface area (Å²) >= 11 is 3.33. The number of likely N-dealkylation sites (N-methyl/N-ethyl adjacent to an activating group) is 2. The Bertz CT molecular complexity index is 938. The Kier molecular flexibility index (Phi) is 4.47. The third kappa shape index (κ3) is 2.74. The van der Waals surface area contributed by atoms with E-state index in [1.54, 1.807) is 22.8 Å². The zero-order valence-electron chi connectivity index (χ0n) is 15.2. The van der Waals surface area contributed by atoms with E-state index >= 15 is 0 Å². The molecule has 0 saturated carbocycles. The summed E-state index contributed by atoms with van der Waals surface area (Å²) in [6.45, 7) is 1.71. The molecule has 27 heavy (non-hydrogen) atoms. The summed E-state index contributed by atoms with van der Waals surface area (Å²) in [7, 11) is 3.71. The first-order valence-electron chi connectivity index (χ1n) is 8.80. The first-order valence-corrected chi connectivity index (χ1v) is 9.60. The van der Waals surface area contributed by atoms with E-state index in [9.17, 15) is 9.59 Å². The molecular formula is C19H21BrN4O3. The van der Waals surface area contributed by atoms with Gasteiger partial charge >= 0.3 is 0 Å². The third-order valence-electron chi connectivity index (χ3n) is 5.50. The second kappa shape index (κ2) is 6.69. The molecule has 0 radical (unpaired) electrons. The predicted octanol–water partition coefficient (Wildman–Crippen LogP) is 1.53. The van der Waals surface area contributed by atoms with Gasteiger partial charge in [-0.1, -0.05) is 30.3 Å². The van der Waals surface area contributed by atoms with Gasteiger partial charge in [-0.2, -0.15) is 0 Å². The minimum atomic E-state index is -0.463. The molecule has 2 aromatic rings. The van der Waals surface area contributed by atoms with Crippen molar-refractivity contribution >= 4 is 21.8 Å². The van der Waals surface area contributed by atoms with Gasteiger partial charge in [-0.05, 0) is 28.0 Å². The first kappa shape index (κ1) is 18.1. The lowest BCUT2D eigenvalue weighted by molar-refractivity contribution is 0.0440. The Balaban J connectivity index is 1.80. The van der Waals surface area contributed by atoms with Gasteiger partial charge in [0.15, 0.2) is 11.4 Å². The minimum absolute atomic E-state index is 0.0673. The van der Waals surface area contributed by atoms with Crippen LogP contribution in [0, 0.1) is 0 Å². The van der Waals surface area contributed by atoms with E-state index in [0.29, 0.717) is 11.0 Å². The third-order valence-corrected chi connectivity index (χ3v) is 6.06. The highest BCUT2D eigenvalue weighted by molar-refractivity contribution is 9.10. The van der Waals surface area contributed by atoms with Gasteiger partial charge in [0.05, 0.1) is 4.47 Å². The first-order chi connectivity index (χ1) is 13.0. The van der Waals surface area contributed by atoms with Gasteiger partial charge in [-0.25, -0.2) is 0 Å². The number of nitrogens with zero attached hydrogens (tertiary/aromatic N) is 3. The van der Waals surface area contributed by atoms with Gasteiger partial charge in [-0.3, -0.25) is 19.3 Å². The maximum atomic E-state index is 13.2. The van der Waals surface area contributed by atoms with Crippen LogP contribution in [0.3, 0.4) is 0 Å². The molecule has 1 spiro atoms. The molecular weight excluding hydrogens is 412 g/mol. The predicted molar refractivity (Wildman–Crippen MR) is 106 cm³/mol. The molecule has 1 saturated heterocycles. The molecule has 4 rings (SSSR count). The number of fused-ring (bicyclic) bond motifs is 1. The maximum absolute atomic E-state index is 13.2. The van der Waals surface area contributed by atoms with E-state index in [2.05, 4.69) is 21.2 Å². The van der Waals surface area contributed by atoms with Gasteiger partial charge in [0, 0.05) is 33.3 Å². The summed E-state index contributed by atoms with van der Waals surface area (Å²) in [5.74, 6) is -0.151. The zero-order valence-corrected chi connectivity index (χ0v) is 16.8. The number of ether oxygens (including phenoxy) is 1.